The van der Waals surface area contributed by atoms with Crippen LogP contribution in [0, 0.1) is 5.92 Å². The molecule has 4 nitrogen and oxygen atoms in total. The number of hydrogen-bond donors (Lipinski definition) is 3. The third kappa shape index (κ3) is 5.83. The number of nitrogens with zero attached hydrogens (tertiary/aromatic N) is 1. The van der Waals surface area contributed by atoms with E-state index in [1.54, 1.807) is 0 Å². The molecule has 1 aromatic carbocycles. The van der Waals surface area contributed by atoms with Crippen LogP contribution in [0.25, 0.3) is 6.08 Å². The molecule has 6 heteroatoms. The first-order valence-corrected chi connectivity index (χ1v) is 6.59. The van der Waals surface area contributed by atoms with Gasteiger partial charge in [0.1, 0.15) is 0 Å². The summed E-state index contributed by atoms with van der Waals surface area (Å²) in [5.41, 5.74) is 6.90. The van der Waals surface area contributed by atoms with E-state index in [9.17, 15) is 0 Å². The van der Waals surface area contributed by atoms with Crippen LogP contribution in [0.1, 0.15) is 19.4 Å². The zero-order valence-electron chi connectivity index (χ0n) is 10.9. The molecule has 102 valence electrons. The van der Waals surface area contributed by atoms with Crippen LogP contribution in [0.15, 0.2) is 35.4 Å². The molecule has 0 aliphatic rings. The number of hydrazone groups is 1. The van der Waals surface area contributed by atoms with Crippen LogP contribution in [-0.4, -0.2) is 10.8 Å². The van der Waals surface area contributed by atoms with Crippen LogP contribution in [0.4, 0.5) is 0 Å². The zero-order chi connectivity index (χ0) is 14.3. The SMILES string of the molecule is CC(C)C(/C=C/c1ccc(Cl)cc1)=N\NC(=S)NN. The van der Waals surface area contributed by atoms with Crippen molar-refractivity contribution >= 4 is 40.7 Å². The van der Waals surface area contributed by atoms with Crippen LogP contribution < -0.4 is 16.7 Å². The lowest BCUT2D eigenvalue weighted by Crippen LogP contribution is -2.37. The number of halogens is 1. The number of hydrogen-bond acceptors (Lipinski definition) is 3. The summed E-state index contributed by atoms with van der Waals surface area (Å²) in [6.07, 6.45) is 3.90. The van der Waals surface area contributed by atoms with Gasteiger partial charge in [0, 0.05) is 5.02 Å². The first-order chi connectivity index (χ1) is 9.02. The molecule has 0 spiro atoms. The van der Waals surface area contributed by atoms with E-state index in [0.29, 0.717) is 0 Å². The van der Waals surface area contributed by atoms with E-state index in [1.165, 1.54) is 0 Å². The van der Waals surface area contributed by atoms with Crippen LogP contribution in [0.5, 0.6) is 0 Å². The van der Waals surface area contributed by atoms with Crippen molar-refractivity contribution in [2.75, 3.05) is 0 Å². The van der Waals surface area contributed by atoms with Crippen molar-refractivity contribution in [3.8, 4) is 0 Å². The van der Waals surface area contributed by atoms with Crippen molar-refractivity contribution in [2.24, 2.45) is 16.9 Å². The molecule has 0 bridgehead atoms. The molecule has 0 saturated heterocycles. The maximum atomic E-state index is 5.83. The summed E-state index contributed by atoms with van der Waals surface area (Å²) in [5.74, 6) is 5.42. The smallest absolute Gasteiger partial charge is 0.201 e. The second kappa shape index (κ2) is 7.89. The van der Waals surface area contributed by atoms with Crippen molar-refractivity contribution in [2.45, 2.75) is 13.8 Å². The van der Waals surface area contributed by atoms with E-state index in [0.717, 1.165) is 16.3 Å². The van der Waals surface area contributed by atoms with E-state index < -0.39 is 0 Å². The highest BCUT2D eigenvalue weighted by Crippen LogP contribution is 2.11. The van der Waals surface area contributed by atoms with Crippen molar-refractivity contribution in [1.82, 2.24) is 10.9 Å². The average molecular weight is 297 g/mol. The van der Waals surface area contributed by atoms with E-state index in [4.69, 9.17) is 29.7 Å². The maximum Gasteiger partial charge on any atom is 0.201 e. The third-order valence-electron chi connectivity index (χ3n) is 2.33. The Morgan fingerprint density at radius 2 is 2.00 bits per heavy atom. The number of rotatable bonds is 4. The fraction of sp³-hybridized carbons (Fsp3) is 0.231. The molecule has 0 amide bonds. The van der Waals surface area contributed by atoms with E-state index in [1.807, 2.05) is 50.3 Å². The van der Waals surface area contributed by atoms with Gasteiger partial charge in [-0.05, 0) is 41.9 Å². The first-order valence-electron chi connectivity index (χ1n) is 5.80. The number of benzene rings is 1. The topological polar surface area (TPSA) is 62.4 Å². The normalized spacial score (nSPS) is 11.9. The van der Waals surface area contributed by atoms with Crippen LogP contribution in [0.3, 0.4) is 0 Å². The van der Waals surface area contributed by atoms with Gasteiger partial charge in [-0.25, -0.2) is 5.84 Å². The molecular formula is C13H17ClN4S. The number of nitrogens with one attached hydrogen (secondary N) is 2. The van der Waals surface area contributed by atoms with Crippen molar-refractivity contribution in [1.29, 1.82) is 0 Å². The van der Waals surface area contributed by atoms with Crippen molar-refractivity contribution in [3.05, 3.63) is 40.9 Å². The minimum absolute atomic E-state index is 0.261. The zero-order valence-corrected chi connectivity index (χ0v) is 12.4. The van der Waals surface area contributed by atoms with Gasteiger partial charge in [0.15, 0.2) is 0 Å². The van der Waals surface area contributed by atoms with Gasteiger partial charge in [-0.3, -0.25) is 10.9 Å². The number of nitrogens with two attached hydrogens (primary N) is 1. The first kappa shape index (κ1) is 15.6. The number of allylic oxidation sites excluding steroid dienone is 1. The highest BCUT2D eigenvalue weighted by molar-refractivity contribution is 7.80. The third-order valence-corrected chi connectivity index (χ3v) is 2.79. The lowest BCUT2D eigenvalue weighted by Gasteiger charge is -2.07. The molecular weight excluding hydrogens is 280 g/mol. The summed E-state index contributed by atoms with van der Waals surface area (Å²) in [4.78, 5) is 0. The molecule has 0 saturated carbocycles. The summed E-state index contributed by atoms with van der Waals surface area (Å²) in [6.45, 7) is 4.09. The van der Waals surface area contributed by atoms with Crippen LogP contribution in [0.2, 0.25) is 5.02 Å². The Labute approximate surface area is 123 Å². The molecule has 0 radical (unpaired) electrons. The molecule has 1 rings (SSSR count). The van der Waals surface area contributed by atoms with E-state index in [2.05, 4.69) is 16.0 Å². The molecule has 0 fully saturated rings. The largest absolute Gasteiger partial charge is 0.300 e. The number of thiocarbonyl (C=S) groups is 1. The highest BCUT2D eigenvalue weighted by atomic mass is 35.5. The van der Waals surface area contributed by atoms with Gasteiger partial charge in [0.05, 0.1) is 5.71 Å². The Hall–Kier alpha value is -1.43. The molecule has 0 aromatic heterocycles. The van der Waals surface area contributed by atoms with Crippen LogP contribution in [-0.2, 0) is 0 Å². The molecule has 19 heavy (non-hydrogen) atoms. The summed E-state index contributed by atoms with van der Waals surface area (Å²) >= 11 is 10.7. The fourth-order valence-electron chi connectivity index (χ4n) is 1.26. The standard InChI is InChI=1S/C13H17ClN4S/c1-9(2)12(17-18-13(19)16-15)8-5-10-3-6-11(14)7-4-10/h3-9H,15H2,1-2H3,(H2,16,18,19)/b8-5+,17-12-. The van der Waals surface area contributed by atoms with Gasteiger partial charge >= 0.3 is 0 Å². The van der Waals surface area contributed by atoms with Gasteiger partial charge in [-0.15, -0.1) is 0 Å². The highest BCUT2D eigenvalue weighted by Gasteiger charge is 2.01. The lowest BCUT2D eigenvalue weighted by molar-refractivity contribution is 0.853. The molecule has 0 unspecified atom stereocenters. The maximum absolute atomic E-state index is 5.83. The molecule has 1 aromatic rings. The summed E-state index contributed by atoms with van der Waals surface area (Å²) in [7, 11) is 0. The Bertz CT molecular complexity index is 480. The second-order valence-electron chi connectivity index (χ2n) is 4.16. The summed E-state index contributed by atoms with van der Waals surface area (Å²) < 4.78 is 0. The molecule has 0 heterocycles. The quantitative estimate of drug-likeness (QED) is 0.346. The molecule has 0 aliphatic carbocycles. The van der Waals surface area contributed by atoms with E-state index in [-0.39, 0.29) is 11.0 Å². The van der Waals surface area contributed by atoms with Gasteiger partial charge in [0.2, 0.25) is 5.11 Å². The predicted molar refractivity (Wildman–Crippen MR) is 85.8 cm³/mol. The minimum atomic E-state index is 0.261. The minimum Gasteiger partial charge on any atom is -0.300 e. The Morgan fingerprint density at radius 1 is 1.37 bits per heavy atom. The van der Waals surface area contributed by atoms with Gasteiger partial charge in [-0.1, -0.05) is 43.7 Å². The second-order valence-corrected chi connectivity index (χ2v) is 5.01. The monoisotopic (exact) mass is 296 g/mol. The average Bonchev–Trinajstić information content (AvgIpc) is 2.39. The molecule has 0 aliphatic heterocycles. The summed E-state index contributed by atoms with van der Waals surface area (Å²) in [6, 6.07) is 7.57. The Kier molecular flexibility index (Phi) is 6.49. The number of hydrazine groups is 1. The molecule has 4 N–H and O–H groups in total. The Morgan fingerprint density at radius 3 is 2.53 bits per heavy atom. The van der Waals surface area contributed by atoms with Gasteiger partial charge in [-0.2, -0.15) is 5.10 Å². The van der Waals surface area contributed by atoms with Crippen molar-refractivity contribution < 1.29 is 0 Å². The van der Waals surface area contributed by atoms with Crippen LogP contribution >= 0.6 is 23.8 Å². The van der Waals surface area contributed by atoms with E-state index >= 15 is 0 Å². The van der Waals surface area contributed by atoms with Crippen molar-refractivity contribution in [3.63, 3.8) is 0 Å². The Balaban J connectivity index is 2.78. The lowest BCUT2D eigenvalue weighted by atomic mass is 10.1. The predicted octanol–water partition coefficient (Wildman–Crippen LogP) is 2.70. The fourth-order valence-corrected chi connectivity index (χ4v) is 1.43. The summed E-state index contributed by atoms with van der Waals surface area (Å²) in [5, 5.41) is 5.19. The molecule has 0 atom stereocenters. The van der Waals surface area contributed by atoms with Gasteiger partial charge < -0.3 is 0 Å². The van der Waals surface area contributed by atoms with Gasteiger partial charge in [0.25, 0.3) is 0 Å².